The van der Waals surface area contributed by atoms with Gasteiger partial charge in [0.1, 0.15) is 0 Å². The molecule has 0 aromatic rings. The Kier molecular flexibility index (Phi) is 6.88. The van der Waals surface area contributed by atoms with E-state index in [0.717, 1.165) is 25.0 Å². The fraction of sp³-hybridized carbons (Fsp3) is 0.917. The fourth-order valence-corrected chi connectivity index (χ4v) is 2.60. The lowest BCUT2D eigenvalue weighted by atomic mass is 10.1. The van der Waals surface area contributed by atoms with Crippen LogP contribution in [0.3, 0.4) is 0 Å². The molecule has 0 bridgehead atoms. The molecule has 1 amide bonds. The van der Waals surface area contributed by atoms with Gasteiger partial charge in [0, 0.05) is 6.04 Å². The van der Waals surface area contributed by atoms with Crippen LogP contribution < -0.4 is 11.1 Å². The van der Waals surface area contributed by atoms with Crippen LogP contribution in [0.15, 0.2) is 0 Å². The minimum Gasteiger partial charge on any atom is -0.352 e. The van der Waals surface area contributed by atoms with Crippen molar-refractivity contribution >= 4 is 17.7 Å². The predicted octanol–water partition coefficient (Wildman–Crippen LogP) is 1.91. The summed E-state index contributed by atoms with van der Waals surface area (Å²) in [5, 5.41) is 3.09. The molecule has 1 atom stereocenters. The average molecular weight is 244 g/mol. The second kappa shape index (κ2) is 7.96. The van der Waals surface area contributed by atoms with Crippen molar-refractivity contribution < 1.29 is 4.79 Å². The summed E-state index contributed by atoms with van der Waals surface area (Å²) < 4.78 is 0. The van der Waals surface area contributed by atoms with Crippen molar-refractivity contribution in [3.05, 3.63) is 0 Å². The van der Waals surface area contributed by atoms with E-state index in [1.165, 1.54) is 25.7 Å². The number of nitrogens with two attached hydrogens (primary N) is 1. The number of hydrogen-bond acceptors (Lipinski definition) is 3. The Morgan fingerprint density at radius 3 is 2.56 bits per heavy atom. The third-order valence-electron chi connectivity index (χ3n) is 3.17. The van der Waals surface area contributed by atoms with E-state index in [1.54, 1.807) is 11.8 Å². The third kappa shape index (κ3) is 5.21. The standard InChI is InChI=1S/C12H24N2OS/c1-16-9-8-11(13)12(15)14-10-6-4-2-3-5-7-10/h10-11H,2-9,13H2,1H3,(H,14,15)/t11-/m1/s1. The molecule has 0 unspecified atom stereocenters. The van der Waals surface area contributed by atoms with Crippen LogP contribution in [-0.2, 0) is 4.79 Å². The van der Waals surface area contributed by atoms with Gasteiger partial charge in [0.25, 0.3) is 0 Å². The topological polar surface area (TPSA) is 55.1 Å². The molecule has 94 valence electrons. The largest absolute Gasteiger partial charge is 0.352 e. The van der Waals surface area contributed by atoms with Gasteiger partial charge in [-0.3, -0.25) is 4.79 Å². The Bertz CT molecular complexity index is 203. The lowest BCUT2D eigenvalue weighted by Crippen LogP contribution is -2.45. The summed E-state index contributed by atoms with van der Waals surface area (Å²) in [4.78, 5) is 11.8. The molecule has 4 heteroatoms. The van der Waals surface area contributed by atoms with Crippen molar-refractivity contribution in [3.8, 4) is 0 Å². The van der Waals surface area contributed by atoms with Gasteiger partial charge in [-0.25, -0.2) is 0 Å². The van der Waals surface area contributed by atoms with Gasteiger partial charge in [0.2, 0.25) is 5.91 Å². The molecule has 1 aliphatic rings. The molecular formula is C12H24N2OS. The minimum atomic E-state index is -0.323. The molecule has 1 rings (SSSR count). The van der Waals surface area contributed by atoms with Gasteiger partial charge in [-0.1, -0.05) is 25.7 Å². The van der Waals surface area contributed by atoms with Gasteiger partial charge in [0.05, 0.1) is 6.04 Å². The van der Waals surface area contributed by atoms with Crippen LogP contribution in [0.4, 0.5) is 0 Å². The molecule has 0 heterocycles. The number of amides is 1. The van der Waals surface area contributed by atoms with Crippen molar-refractivity contribution in [1.29, 1.82) is 0 Å². The molecule has 1 fully saturated rings. The number of thioether (sulfide) groups is 1. The molecule has 0 aliphatic heterocycles. The van der Waals surface area contributed by atoms with Gasteiger partial charge in [-0.2, -0.15) is 11.8 Å². The quantitative estimate of drug-likeness (QED) is 0.726. The maximum absolute atomic E-state index is 11.8. The van der Waals surface area contributed by atoms with Crippen LogP contribution in [0.5, 0.6) is 0 Å². The number of carbonyl (C=O) groups is 1. The first-order chi connectivity index (χ1) is 7.74. The molecule has 0 aromatic heterocycles. The number of nitrogens with one attached hydrogen (secondary N) is 1. The van der Waals surface area contributed by atoms with Crippen LogP contribution in [0.25, 0.3) is 0 Å². The summed E-state index contributed by atoms with van der Waals surface area (Å²) in [6.07, 6.45) is 10.2. The van der Waals surface area contributed by atoms with Crippen molar-refractivity contribution in [3.63, 3.8) is 0 Å². The third-order valence-corrected chi connectivity index (χ3v) is 3.82. The van der Waals surface area contributed by atoms with Crippen LogP contribution in [0.2, 0.25) is 0 Å². The number of rotatable bonds is 5. The summed E-state index contributed by atoms with van der Waals surface area (Å²) in [5.74, 6) is 1.00. The molecule has 3 nitrogen and oxygen atoms in total. The van der Waals surface area contributed by atoms with Crippen molar-refractivity contribution in [1.82, 2.24) is 5.32 Å². The van der Waals surface area contributed by atoms with Gasteiger partial charge in [-0.15, -0.1) is 0 Å². The zero-order valence-corrected chi connectivity index (χ0v) is 11.0. The molecule has 16 heavy (non-hydrogen) atoms. The molecule has 1 saturated carbocycles. The fourth-order valence-electron chi connectivity index (χ4n) is 2.11. The molecule has 1 aliphatic carbocycles. The maximum atomic E-state index is 11.8. The highest BCUT2D eigenvalue weighted by molar-refractivity contribution is 7.98. The highest BCUT2D eigenvalue weighted by Crippen LogP contribution is 2.17. The lowest BCUT2D eigenvalue weighted by Gasteiger charge is -2.19. The molecule has 0 aromatic carbocycles. The Balaban J connectivity index is 2.25. The van der Waals surface area contributed by atoms with E-state index in [2.05, 4.69) is 5.32 Å². The second-order valence-electron chi connectivity index (χ2n) is 4.59. The summed E-state index contributed by atoms with van der Waals surface area (Å²) in [6.45, 7) is 0. The normalized spacial score (nSPS) is 20.1. The van der Waals surface area contributed by atoms with Gasteiger partial charge >= 0.3 is 0 Å². The molecule has 0 saturated heterocycles. The van der Waals surface area contributed by atoms with E-state index < -0.39 is 0 Å². The van der Waals surface area contributed by atoms with E-state index in [9.17, 15) is 4.79 Å². The number of carbonyl (C=O) groups excluding carboxylic acids is 1. The van der Waals surface area contributed by atoms with Crippen molar-refractivity contribution in [2.45, 2.75) is 57.0 Å². The first kappa shape index (κ1) is 13.8. The first-order valence-electron chi connectivity index (χ1n) is 6.29. The van der Waals surface area contributed by atoms with E-state index in [1.807, 2.05) is 6.26 Å². The maximum Gasteiger partial charge on any atom is 0.237 e. The van der Waals surface area contributed by atoms with Crippen molar-refractivity contribution in [2.24, 2.45) is 5.73 Å². The molecular weight excluding hydrogens is 220 g/mol. The molecule has 3 N–H and O–H groups in total. The van der Waals surface area contributed by atoms with Gasteiger partial charge in [0.15, 0.2) is 0 Å². The van der Waals surface area contributed by atoms with Crippen LogP contribution in [0.1, 0.15) is 44.9 Å². The molecule has 0 radical (unpaired) electrons. The van der Waals surface area contributed by atoms with Gasteiger partial charge in [-0.05, 0) is 31.3 Å². The van der Waals surface area contributed by atoms with E-state index in [4.69, 9.17) is 5.73 Å². The summed E-state index contributed by atoms with van der Waals surface area (Å²) in [7, 11) is 0. The SMILES string of the molecule is CSCC[C@@H](N)C(=O)NC1CCCCCC1. The monoisotopic (exact) mass is 244 g/mol. The smallest absolute Gasteiger partial charge is 0.237 e. The molecule has 0 spiro atoms. The second-order valence-corrected chi connectivity index (χ2v) is 5.57. The zero-order chi connectivity index (χ0) is 11.8. The van der Waals surface area contributed by atoms with Crippen LogP contribution in [-0.4, -0.2) is 30.0 Å². The number of hydrogen-bond donors (Lipinski definition) is 2. The average Bonchev–Trinajstić information content (AvgIpc) is 2.54. The predicted molar refractivity (Wildman–Crippen MR) is 70.6 cm³/mol. The van der Waals surface area contributed by atoms with Crippen LogP contribution in [0, 0.1) is 0 Å². The highest BCUT2D eigenvalue weighted by atomic mass is 32.2. The first-order valence-corrected chi connectivity index (χ1v) is 7.68. The summed E-state index contributed by atoms with van der Waals surface area (Å²) in [5.41, 5.74) is 5.83. The highest BCUT2D eigenvalue weighted by Gasteiger charge is 2.18. The Morgan fingerprint density at radius 2 is 2.00 bits per heavy atom. The van der Waals surface area contributed by atoms with Crippen LogP contribution >= 0.6 is 11.8 Å². The van der Waals surface area contributed by atoms with E-state index in [0.29, 0.717) is 6.04 Å². The van der Waals surface area contributed by atoms with E-state index >= 15 is 0 Å². The Hall–Kier alpha value is -0.220. The van der Waals surface area contributed by atoms with Crippen molar-refractivity contribution in [2.75, 3.05) is 12.0 Å². The summed E-state index contributed by atoms with van der Waals surface area (Å²) in [6, 6.07) is 0.0473. The van der Waals surface area contributed by atoms with E-state index in [-0.39, 0.29) is 11.9 Å². The zero-order valence-electron chi connectivity index (χ0n) is 10.2. The lowest BCUT2D eigenvalue weighted by molar-refractivity contribution is -0.123. The Labute approximate surface area is 103 Å². The minimum absolute atomic E-state index is 0.0425. The Morgan fingerprint density at radius 1 is 1.38 bits per heavy atom. The van der Waals surface area contributed by atoms with Gasteiger partial charge < -0.3 is 11.1 Å². The summed E-state index contributed by atoms with van der Waals surface area (Å²) >= 11 is 1.74.